The molecule has 2 aliphatic heterocycles. The first kappa shape index (κ1) is 14.3. The van der Waals surface area contributed by atoms with Gasteiger partial charge in [0.1, 0.15) is 0 Å². The molecule has 114 valence electrons. The smallest absolute Gasteiger partial charge is 0.226 e. The lowest BCUT2D eigenvalue weighted by atomic mass is 9.80. The summed E-state index contributed by atoms with van der Waals surface area (Å²) in [6, 6.07) is 1.01. The molecule has 2 saturated heterocycles. The van der Waals surface area contributed by atoms with Crippen molar-refractivity contribution in [3.8, 4) is 0 Å². The number of hydrogen-bond acceptors (Lipinski definition) is 3. The fraction of sp³-hybridized carbons (Fsp3) is 0.938. The maximum absolute atomic E-state index is 12.9. The number of hydrogen-bond donors (Lipinski definition) is 1. The average Bonchev–Trinajstić information content (AvgIpc) is 2.92. The topological polar surface area (TPSA) is 49.6 Å². The van der Waals surface area contributed by atoms with E-state index in [1.54, 1.807) is 0 Å². The van der Waals surface area contributed by atoms with E-state index in [0.717, 1.165) is 32.5 Å². The summed E-state index contributed by atoms with van der Waals surface area (Å²) in [7, 11) is 0. The number of rotatable bonds is 2. The zero-order valence-electron chi connectivity index (χ0n) is 12.8. The van der Waals surface area contributed by atoms with Gasteiger partial charge in [0, 0.05) is 31.1 Å². The summed E-state index contributed by atoms with van der Waals surface area (Å²) < 4.78 is 0. The van der Waals surface area contributed by atoms with E-state index in [-0.39, 0.29) is 5.92 Å². The van der Waals surface area contributed by atoms with Gasteiger partial charge in [0.25, 0.3) is 0 Å². The van der Waals surface area contributed by atoms with Gasteiger partial charge in [-0.2, -0.15) is 0 Å². The molecule has 20 heavy (non-hydrogen) atoms. The summed E-state index contributed by atoms with van der Waals surface area (Å²) in [5.41, 5.74) is 5.81. The second-order valence-corrected chi connectivity index (χ2v) is 7.10. The van der Waals surface area contributed by atoms with Crippen LogP contribution in [0, 0.1) is 11.8 Å². The molecule has 4 nitrogen and oxygen atoms in total. The van der Waals surface area contributed by atoms with Crippen molar-refractivity contribution in [2.75, 3.05) is 26.2 Å². The van der Waals surface area contributed by atoms with Crippen molar-refractivity contribution in [2.45, 2.75) is 57.5 Å². The number of piperazine rings is 1. The third-order valence-electron chi connectivity index (χ3n) is 5.69. The minimum atomic E-state index is 0.243. The zero-order valence-corrected chi connectivity index (χ0v) is 12.8. The fourth-order valence-electron chi connectivity index (χ4n) is 4.46. The number of fused-ring (bicyclic) bond motifs is 1. The number of nitrogens with zero attached hydrogens (tertiary/aromatic N) is 2. The lowest BCUT2D eigenvalue weighted by molar-refractivity contribution is -0.142. The van der Waals surface area contributed by atoms with E-state index in [1.165, 1.54) is 32.2 Å². The van der Waals surface area contributed by atoms with E-state index in [2.05, 4.69) is 16.7 Å². The summed E-state index contributed by atoms with van der Waals surface area (Å²) in [5, 5.41) is 0. The van der Waals surface area contributed by atoms with Crippen LogP contribution in [0.4, 0.5) is 0 Å². The fourth-order valence-corrected chi connectivity index (χ4v) is 4.46. The number of carbonyl (C=O) groups excluding carboxylic acids is 1. The molecule has 4 atom stereocenters. The van der Waals surface area contributed by atoms with E-state index in [0.29, 0.717) is 23.9 Å². The van der Waals surface area contributed by atoms with E-state index in [1.807, 2.05) is 0 Å². The molecule has 3 fully saturated rings. The molecule has 0 aromatic heterocycles. The highest BCUT2D eigenvalue weighted by Gasteiger charge is 2.39. The van der Waals surface area contributed by atoms with Crippen LogP contribution in [0.5, 0.6) is 0 Å². The number of nitrogens with two attached hydrogens (primary N) is 1. The first-order chi connectivity index (χ1) is 9.69. The lowest BCUT2D eigenvalue weighted by Crippen LogP contribution is -2.58. The van der Waals surface area contributed by atoms with Crippen LogP contribution in [-0.2, 0) is 4.79 Å². The monoisotopic (exact) mass is 279 g/mol. The molecule has 3 aliphatic rings. The minimum absolute atomic E-state index is 0.243. The molecule has 3 rings (SSSR count). The normalized spacial score (nSPS) is 38.8. The third-order valence-corrected chi connectivity index (χ3v) is 5.69. The van der Waals surface area contributed by atoms with Crippen LogP contribution in [0.2, 0.25) is 0 Å². The van der Waals surface area contributed by atoms with E-state index >= 15 is 0 Å². The summed E-state index contributed by atoms with van der Waals surface area (Å²) in [6.45, 7) is 6.23. The quantitative estimate of drug-likeness (QED) is 0.832. The molecular weight excluding hydrogens is 250 g/mol. The van der Waals surface area contributed by atoms with E-state index in [4.69, 9.17) is 5.73 Å². The molecule has 2 N–H and O–H groups in total. The maximum Gasteiger partial charge on any atom is 0.226 e. The maximum atomic E-state index is 12.9. The molecule has 4 heteroatoms. The molecule has 0 spiro atoms. The molecule has 1 saturated carbocycles. The predicted octanol–water partition coefficient (Wildman–Crippen LogP) is 1.45. The van der Waals surface area contributed by atoms with Crippen LogP contribution in [0.15, 0.2) is 0 Å². The molecule has 4 unspecified atom stereocenters. The first-order valence-corrected chi connectivity index (χ1v) is 8.43. The Morgan fingerprint density at radius 2 is 2.05 bits per heavy atom. The third kappa shape index (κ3) is 2.73. The van der Waals surface area contributed by atoms with Crippen LogP contribution < -0.4 is 5.73 Å². The van der Waals surface area contributed by atoms with Gasteiger partial charge in [-0.1, -0.05) is 6.42 Å². The summed E-state index contributed by atoms with van der Waals surface area (Å²) in [5.74, 6) is 1.23. The molecule has 1 amide bonds. The minimum Gasteiger partial charge on any atom is -0.337 e. The SMILES string of the molecule is CC1CN2CCCC2CN1C(=O)C1CCCC(CN)C1. The van der Waals surface area contributed by atoms with E-state index < -0.39 is 0 Å². The second kappa shape index (κ2) is 6.02. The lowest BCUT2D eigenvalue weighted by Gasteiger charge is -2.44. The van der Waals surface area contributed by atoms with Gasteiger partial charge in [-0.25, -0.2) is 0 Å². The van der Waals surface area contributed by atoms with Crippen molar-refractivity contribution in [2.24, 2.45) is 17.6 Å². The molecule has 0 aromatic rings. The van der Waals surface area contributed by atoms with Gasteiger partial charge in [-0.05, 0) is 58.0 Å². The molecule has 0 bridgehead atoms. The Morgan fingerprint density at radius 1 is 1.20 bits per heavy atom. The summed E-state index contributed by atoms with van der Waals surface area (Å²) >= 11 is 0. The standard InChI is InChI=1S/C16H29N3O/c1-12-10-18-7-3-6-15(18)11-19(12)16(20)14-5-2-4-13(8-14)9-17/h12-15H,2-11,17H2,1H3. The Balaban J connectivity index is 1.63. The molecule has 0 radical (unpaired) electrons. The van der Waals surface area contributed by atoms with Gasteiger partial charge in [-0.15, -0.1) is 0 Å². The zero-order chi connectivity index (χ0) is 14.1. The Kier molecular flexibility index (Phi) is 4.32. The predicted molar refractivity (Wildman–Crippen MR) is 80.3 cm³/mol. The van der Waals surface area contributed by atoms with Crippen LogP contribution in [0.25, 0.3) is 0 Å². The first-order valence-electron chi connectivity index (χ1n) is 8.43. The highest BCUT2D eigenvalue weighted by atomic mass is 16.2. The molecule has 0 aromatic carbocycles. The Hall–Kier alpha value is -0.610. The Labute approximate surface area is 122 Å². The van der Waals surface area contributed by atoms with Crippen molar-refractivity contribution < 1.29 is 4.79 Å². The molecule has 2 heterocycles. The van der Waals surface area contributed by atoms with E-state index in [9.17, 15) is 4.79 Å². The van der Waals surface area contributed by atoms with Gasteiger partial charge in [-0.3, -0.25) is 9.69 Å². The van der Waals surface area contributed by atoms with Crippen molar-refractivity contribution in [3.63, 3.8) is 0 Å². The van der Waals surface area contributed by atoms with Gasteiger partial charge in [0.2, 0.25) is 5.91 Å². The van der Waals surface area contributed by atoms with Crippen molar-refractivity contribution in [3.05, 3.63) is 0 Å². The van der Waals surface area contributed by atoms with Crippen LogP contribution >= 0.6 is 0 Å². The summed E-state index contributed by atoms with van der Waals surface area (Å²) in [4.78, 5) is 17.7. The van der Waals surface area contributed by atoms with Gasteiger partial charge in [0.05, 0.1) is 0 Å². The van der Waals surface area contributed by atoms with Crippen LogP contribution in [-0.4, -0.2) is 54.0 Å². The van der Waals surface area contributed by atoms with Gasteiger partial charge in [0.15, 0.2) is 0 Å². The Morgan fingerprint density at radius 3 is 2.85 bits per heavy atom. The number of carbonyl (C=O) groups is 1. The molecular formula is C16H29N3O. The summed E-state index contributed by atoms with van der Waals surface area (Å²) in [6.07, 6.45) is 7.06. The highest BCUT2D eigenvalue weighted by molar-refractivity contribution is 5.79. The van der Waals surface area contributed by atoms with Crippen molar-refractivity contribution >= 4 is 5.91 Å². The van der Waals surface area contributed by atoms with Crippen LogP contribution in [0.1, 0.15) is 45.4 Å². The Bertz CT molecular complexity index is 360. The van der Waals surface area contributed by atoms with Gasteiger partial charge >= 0.3 is 0 Å². The largest absolute Gasteiger partial charge is 0.337 e. The number of amides is 1. The average molecular weight is 279 g/mol. The second-order valence-electron chi connectivity index (χ2n) is 7.10. The molecule has 1 aliphatic carbocycles. The van der Waals surface area contributed by atoms with Gasteiger partial charge < -0.3 is 10.6 Å². The van der Waals surface area contributed by atoms with Crippen LogP contribution in [0.3, 0.4) is 0 Å². The van der Waals surface area contributed by atoms with Crippen molar-refractivity contribution in [1.29, 1.82) is 0 Å². The highest BCUT2D eigenvalue weighted by Crippen LogP contribution is 2.32. The van der Waals surface area contributed by atoms with Crippen molar-refractivity contribution in [1.82, 2.24) is 9.80 Å².